The summed E-state index contributed by atoms with van der Waals surface area (Å²) >= 11 is 0. The minimum Gasteiger partial charge on any atom is -0.382 e. The maximum atomic E-state index is 13.4. The lowest BCUT2D eigenvalue weighted by molar-refractivity contribution is 0.0759. The molecule has 1 aromatic heterocycles. The number of aromatic nitrogens is 2. The first kappa shape index (κ1) is 14.6. The Labute approximate surface area is 106 Å². The number of methoxy groups -OCH3 is 1. The van der Waals surface area contributed by atoms with Crippen molar-refractivity contribution in [1.29, 1.82) is 0 Å². The molecule has 102 valence electrons. The Bertz CT molecular complexity index is 352. The highest BCUT2D eigenvalue weighted by Gasteiger charge is 2.05. The molecule has 0 bridgehead atoms. The van der Waals surface area contributed by atoms with Crippen molar-refractivity contribution < 1.29 is 13.9 Å². The number of ether oxygens (including phenoxy) is 2. The number of anilines is 2. The zero-order valence-electron chi connectivity index (χ0n) is 10.7. The van der Waals surface area contributed by atoms with Gasteiger partial charge in [-0.15, -0.1) is 0 Å². The molecular weight excluding hydrogens is 239 g/mol. The van der Waals surface area contributed by atoms with Crippen molar-refractivity contribution in [3.05, 3.63) is 12.0 Å². The molecule has 0 saturated heterocycles. The Morgan fingerprint density at radius 3 is 2.83 bits per heavy atom. The van der Waals surface area contributed by atoms with Crippen LogP contribution < -0.4 is 10.6 Å². The van der Waals surface area contributed by atoms with Crippen LogP contribution in [0.25, 0.3) is 0 Å². The standard InChI is InChI=1S/C11H19FN4O2/c1-3-13-11-15-8-9(12)10(16-11)14-4-5-18-7-6-17-2/h8H,3-7H2,1-2H3,(H2,13,14,15,16). The van der Waals surface area contributed by atoms with E-state index >= 15 is 0 Å². The van der Waals surface area contributed by atoms with Gasteiger partial charge in [0.15, 0.2) is 11.6 Å². The van der Waals surface area contributed by atoms with Gasteiger partial charge in [-0.2, -0.15) is 4.98 Å². The molecule has 0 aliphatic rings. The fourth-order valence-electron chi connectivity index (χ4n) is 1.22. The Morgan fingerprint density at radius 1 is 1.28 bits per heavy atom. The van der Waals surface area contributed by atoms with Crippen LogP contribution in [-0.4, -0.2) is 50.0 Å². The van der Waals surface area contributed by atoms with E-state index in [-0.39, 0.29) is 5.82 Å². The minimum absolute atomic E-state index is 0.177. The predicted molar refractivity (Wildman–Crippen MR) is 67.3 cm³/mol. The minimum atomic E-state index is -0.478. The molecule has 2 N–H and O–H groups in total. The molecule has 0 aliphatic heterocycles. The second-order valence-corrected chi connectivity index (χ2v) is 3.45. The summed E-state index contributed by atoms with van der Waals surface area (Å²) in [7, 11) is 1.61. The van der Waals surface area contributed by atoms with Crippen LogP contribution in [0.5, 0.6) is 0 Å². The zero-order valence-corrected chi connectivity index (χ0v) is 10.7. The number of nitrogens with zero attached hydrogens (tertiary/aromatic N) is 2. The zero-order chi connectivity index (χ0) is 13.2. The van der Waals surface area contributed by atoms with Crippen molar-refractivity contribution in [2.75, 3.05) is 50.7 Å². The number of hydrogen-bond acceptors (Lipinski definition) is 6. The summed E-state index contributed by atoms with van der Waals surface area (Å²) in [6, 6.07) is 0. The maximum Gasteiger partial charge on any atom is 0.224 e. The average molecular weight is 258 g/mol. The van der Waals surface area contributed by atoms with E-state index in [9.17, 15) is 4.39 Å². The summed E-state index contributed by atoms with van der Waals surface area (Å²) in [6.45, 7) is 4.61. The second-order valence-electron chi connectivity index (χ2n) is 3.45. The maximum absolute atomic E-state index is 13.4. The van der Waals surface area contributed by atoms with E-state index in [0.29, 0.717) is 38.9 Å². The van der Waals surface area contributed by atoms with E-state index in [1.807, 2.05) is 6.92 Å². The lowest BCUT2D eigenvalue weighted by atomic mass is 10.5. The average Bonchev–Trinajstić information content (AvgIpc) is 2.37. The molecule has 0 spiro atoms. The Kier molecular flexibility index (Phi) is 6.97. The third kappa shape index (κ3) is 5.24. The molecule has 6 nitrogen and oxygen atoms in total. The summed E-state index contributed by atoms with van der Waals surface area (Å²) in [5.41, 5.74) is 0. The topological polar surface area (TPSA) is 68.3 Å². The van der Waals surface area contributed by atoms with Gasteiger partial charge in [0, 0.05) is 20.2 Å². The predicted octanol–water partition coefficient (Wildman–Crippen LogP) is 1.12. The quantitative estimate of drug-likeness (QED) is 0.647. The van der Waals surface area contributed by atoms with Crippen LogP contribution in [0.1, 0.15) is 6.92 Å². The fourth-order valence-corrected chi connectivity index (χ4v) is 1.22. The lowest BCUT2D eigenvalue weighted by Crippen LogP contribution is -2.14. The van der Waals surface area contributed by atoms with Gasteiger partial charge in [0.05, 0.1) is 26.0 Å². The van der Waals surface area contributed by atoms with Gasteiger partial charge >= 0.3 is 0 Å². The molecule has 0 fully saturated rings. The number of halogens is 1. The van der Waals surface area contributed by atoms with Gasteiger partial charge in [0.2, 0.25) is 5.95 Å². The van der Waals surface area contributed by atoms with Crippen molar-refractivity contribution in [2.45, 2.75) is 6.92 Å². The van der Waals surface area contributed by atoms with E-state index in [0.717, 1.165) is 6.20 Å². The molecular formula is C11H19FN4O2. The first-order valence-corrected chi connectivity index (χ1v) is 5.85. The lowest BCUT2D eigenvalue weighted by Gasteiger charge is -2.08. The Hall–Kier alpha value is -1.47. The Morgan fingerprint density at radius 2 is 2.11 bits per heavy atom. The van der Waals surface area contributed by atoms with E-state index in [1.165, 1.54) is 0 Å². The number of rotatable bonds is 9. The molecule has 0 atom stereocenters. The van der Waals surface area contributed by atoms with Gasteiger partial charge in [-0.05, 0) is 6.92 Å². The normalized spacial score (nSPS) is 10.4. The van der Waals surface area contributed by atoms with Crippen molar-refractivity contribution in [1.82, 2.24) is 9.97 Å². The molecule has 0 amide bonds. The SMILES string of the molecule is CCNc1ncc(F)c(NCCOCCOC)n1. The van der Waals surface area contributed by atoms with Crippen LogP contribution >= 0.6 is 0 Å². The molecule has 1 rings (SSSR count). The first-order chi connectivity index (χ1) is 8.77. The highest BCUT2D eigenvalue weighted by molar-refractivity contribution is 5.40. The van der Waals surface area contributed by atoms with Crippen molar-refractivity contribution in [3.8, 4) is 0 Å². The van der Waals surface area contributed by atoms with E-state index in [1.54, 1.807) is 7.11 Å². The van der Waals surface area contributed by atoms with Gasteiger partial charge in [-0.25, -0.2) is 9.37 Å². The van der Waals surface area contributed by atoms with E-state index in [4.69, 9.17) is 9.47 Å². The summed E-state index contributed by atoms with van der Waals surface area (Å²) in [6.07, 6.45) is 1.14. The molecule has 0 saturated carbocycles. The fraction of sp³-hybridized carbons (Fsp3) is 0.636. The van der Waals surface area contributed by atoms with E-state index in [2.05, 4.69) is 20.6 Å². The van der Waals surface area contributed by atoms with Gasteiger partial charge in [-0.3, -0.25) is 0 Å². The first-order valence-electron chi connectivity index (χ1n) is 5.85. The monoisotopic (exact) mass is 258 g/mol. The summed E-state index contributed by atoms with van der Waals surface area (Å²) in [5, 5.41) is 5.77. The molecule has 18 heavy (non-hydrogen) atoms. The molecule has 0 unspecified atom stereocenters. The number of nitrogens with one attached hydrogen (secondary N) is 2. The third-order valence-electron chi connectivity index (χ3n) is 2.05. The van der Waals surface area contributed by atoms with Crippen LogP contribution in [0.2, 0.25) is 0 Å². The highest BCUT2D eigenvalue weighted by Crippen LogP contribution is 2.11. The van der Waals surface area contributed by atoms with Crippen LogP contribution in [0.15, 0.2) is 6.20 Å². The molecule has 1 heterocycles. The Balaban J connectivity index is 2.34. The van der Waals surface area contributed by atoms with Gasteiger partial charge in [0.25, 0.3) is 0 Å². The summed E-state index contributed by atoms with van der Waals surface area (Å²) < 4.78 is 23.4. The third-order valence-corrected chi connectivity index (χ3v) is 2.05. The van der Waals surface area contributed by atoms with E-state index < -0.39 is 5.82 Å². The second kappa shape index (κ2) is 8.60. The smallest absolute Gasteiger partial charge is 0.224 e. The molecule has 0 aliphatic carbocycles. The van der Waals surface area contributed by atoms with Gasteiger partial charge < -0.3 is 20.1 Å². The van der Waals surface area contributed by atoms with Crippen LogP contribution in [0.3, 0.4) is 0 Å². The van der Waals surface area contributed by atoms with Crippen molar-refractivity contribution in [3.63, 3.8) is 0 Å². The van der Waals surface area contributed by atoms with Crippen LogP contribution in [-0.2, 0) is 9.47 Å². The molecule has 0 radical (unpaired) electrons. The summed E-state index contributed by atoms with van der Waals surface area (Å²) in [5.74, 6) is 0.103. The van der Waals surface area contributed by atoms with Gasteiger partial charge in [0.1, 0.15) is 0 Å². The largest absolute Gasteiger partial charge is 0.382 e. The molecule has 0 aromatic carbocycles. The summed E-state index contributed by atoms with van der Waals surface area (Å²) in [4.78, 5) is 7.82. The molecule has 7 heteroatoms. The molecule has 1 aromatic rings. The van der Waals surface area contributed by atoms with Crippen LogP contribution in [0.4, 0.5) is 16.2 Å². The highest BCUT2D eigenvalue weighted by atomic mass is 19.1. The van der Waals surface area contributed by atoms with Crippen molar-refractivity contribution in [2.24, 2.45) is 0 Å². The van der Waals surface area contributed by atoms with Gasteiger partial charge in [-0.1, -0.05) is 0 Å². The number of hydrogen-bond donors (Lipinski definition) is 2. The van der Waals surface area contributed by atoms with Crippen molar-refractivity contribution >= 4 is 11.8 Å². The van der Waals surface area contributed by atoms with Crippen LogP contribution in [0, 0.1) is 5.82 Å².